The van der Waals surface area contributed by atoms with E-state index in [1.165, 1.54) is 28.3 Å². The lowest BCUT2D eigenvalue weighted by Gasteiger charge is -2.14. The Labute approximate surface area is 167 Å². The molecule has 8 nitrogen and oxygen atoms in total. The highest BCUT2D eigenvalue weighted by molar-refractivity contribution is 5.77. The van der Waals surface area contributed by atoms with Crippen LogP contribution >= 0.6 is 0 Å². The molecule has 2 aromatic carbocycles. The van der Waals surface area contributed by atoms with Crippen LogP contribution in [-0.4, -0.2) is 21.4 Å². The number of hydrogen-bond acceptors (Lipinski definition) is 5. The fourth-order valence-electron chi connectivity index (χ4n) is 3.23. The number of aromatic nitrogens is 1. The molecule has 1 atom stereocenters. The molecule has 3 aromatic rings. The number of carbonyl (C=O) groups excluding carboxylic acids is 1. The Bertz CT molecular complexity index is 1060. The molecular formula is C21H23N3O5. The monoisotopic (exact) mass is 397 g/mol. The van der Waals surface area contributed by atoms with Crippen LogP contribution < -0.4 is 11.1 Å². The molecule has 29 heavy (non-hydrogen) atoms. The van der Waals surface area contributed by atoms with Gasteiger partial charge in [-0.25, -0.2) is 4.79 Å². The van der Waals surface area contributed by atoms with Gasteiger partial charge in [-0.05, 0) is 37.8 Å². The highest BCUT2D eigenvalue weighted by Crippen LogP contribution is 2.20. The first-order valence-corrected chi connectivity index (χ1v) is 9.55. The number of oxazole rings is 1. The molecule has 0 spiro atoms. The van der Waals surface area contributed by atoms with Crippen LogP contribution in [0.2, 0.25) is 0 Å². The van der Waals surface area contributed by atoms with Gasteiger partial charge in [0.05, 0.1) is 16.5 Å². The number of nitrogens with one attached hydrogen (secondary N) is 1. The number of rotatable bonds is 9. The Balaban J connectivity index is 1.49. The third-order valence-electron chi connectivity index (χ3n) is 4.76. The minimum atomic E-state index is -0.586. The summed E-state index contributed by atoms with van der Waals surface area (Å²) in [4.78, 5) is 34.5. The van der Waals surface area contributed by atoms with E-state index in [-0.39, 0.29) is 29.6 Å². The number of hydrogen-bond donors (Lipinski definition) is 1. The summed E-state index contributed by atoms with van der Waals surface area (Å²) in [6.45, 7) is 2.28. The number of nitrogens with zero attached hydrogens (tertiary/aromatic N) is 2. The van der Waals surface area contributed by atoms with Gasteiger partial charge in [-0.15, -0.1) is 0 Å². The number of amides is 1. The molecule has 0 aliphatic carbocycles. The number of nitro benzene ring substituents is 1. The molecule has 1 aromatic heterocycles. The van der Waals surface area contributed by atoms with Gasteiger partial charge >= 0.3 is 5.76 Å². The molecule has 0 aliphatic rings. The molecule has 0 saturated carbocycles. The summed E-state index contributed by atoms with van der Waals surface area (Å²) in [5, 5.41) is 13.8. The lowest BCUT2D eigenvalue weighted by molar-refractivity contribution is -0.384. The Hall–Kier alpha value is -3.42. The molecule has 0 bridgehead atoms. The summed E-state index contributed by atoms with van der Waals surface area (Å²) in [5.74, 6) is -0.654. The normalized spacial score (nSPS) is 12.0. The smallest absolute Gasteiger partial charge is 0.407 e. The average Bonchev–Trinajstić information content (AvgIpc) is 3.01. The molecule has 0 aliphatic heterocycles. The first-order valence-electron chi connectivity index (χ1n) is 9.55. The maximum atomic E-state index is 12.2. The summed E-state index contributed by atoms with van der Waals surface area (Å²) >= 11 is 0. The van der Waals surface area contributed by atoms with Crippen molar-refractivity contribution in [3.63, 3.8) is 0 Å². The van der Waals surface area contributed by atoms with Gasteiger partial charge in [0.25, 0.3) is 5.69 Å². The third kappa shape index (κ3) is 5.31. The molecule has 8 heteroatoms. The molecule has 0 fully saturated rings. The van der Waals surface area contributed by atoms with Gasteiger partial charge in [-0.2, -0.15) is 0 Å². The van der Waals surface area contributed by atoms with Gasteiger partial charge < -0.3 is 9.73 Å². The minimum Gasteiger partial charge on any atom is -0.407 e. The molecule has 0 saturated heterocycles. The van der Waals surface area contributed by atoms with Crippen LogP contribution in [0.15, 0.2) is 57.7 Å². The zero-order chi connectivity index (χ0) is 20.8. The standard InChI is InChI=1S/C21H23N3O5/c1-15(9-10-16-6-3-2-4-7-16)22-20(25)8-5-13-23-18-12-11-17(24(27)28)14-19(18)29-21(23)26/h2-4,6-7,11-12,14-15H,5,8-10,13H2,1H3,(H,22,25). The van der Waals surface area contributed by atoms with E-state index >= 15 is 0 Å². The largest absolute Gasteiger partial charge is 0.419 e. The minimum absolute atomic E-state index is 0.0562. The van der Waals surface area contributed by atoms with Gasteiger partial charge in [-0.1, -0.05) is 30.3 Å². The molecular weight excluding hydrogens is 374 g/mol. The second kappa shape index (κ2) is 9.18. The fraction of sp³-hybridized carbons (Fsp3) is 0.333. The first-order chi connectivity index (χ1) is 13.9. The number of fused-ring (bicyclic) bond motifs is 1. The molecule has 1 heterocycles. The molecule has 152 valence electrons. The van der Waals surface area contributed by atoms with Crippen LogP contribution in [0.4, 0.5) is 5.69 Å². The van der Waals surface area contributed by atoms with E-state index < -0.39 is 10.7 Å². The summed E-state index contributed by atoms with van der Waals surface area (Å²) in [6.07, 6.45) is 2.48. The van der Waals surface area contributed by atoms with Crippen molar-refractivity contribution in [1.82, 2.24) is 9.88 Å². The molecule has 1 N–H and O–H groups in total. The van der Waals surface area contributed by atoms with Gasteiger partial charge in [0.1, 0.15) is 0 Å². The summed E-state index contributed by atoms with van der Waals surface area (Å²) in [6, 6.07) is 14.2. The van der Waals surface area contributed by atoms with Crippen molar-refractivity contribution in [1.29, 1.82) is 0 Å². The van der Waals surface area contributed by atoms with Gasteiger partial charge in [0.2, 0.25) is 5.91 Å². The maximum absolute atomic E-state index is 12.2. The van der Waals surface area contributed by atoms with Crippen molar-refractivity contribution in [2.75, 3.05) is 0 Å². The summed E-state index contributed by atoms with van der Waals surface area (Å²) in [5.41, 5.74) is 1.75. The van der Waals surface area contributed by atoms with E-state index in [1.807, 2.05) is 25.1 Å². The highest BCUT2D eigenvalue weighted by atomic mass is 16.6. The number of benzene rings is 2. The van der Waals surface area contributed by atoms with Crippen molar-refractivity contribution in [3.05, 3.63) is 74.8 Å². The van der Waals surface area contributed by atoms with Crippen molar-refractivity contribution in [2.45, 2.75) is 45.2 Å². The summed E-state index contributed by atoms with van der Waals surface area (Å²) < 4.78 is 6.48. The number of non-ortho nitro benzene ring substituents is 1. The lowest BCUT2D eigenvalue weighted by atomic mass is 10.1. The molecule has 3 rings (SSSR count). The Morgan fingerprint density at radius 3 is 2.72 bits per heavy atom. The van der Waals surface area contributed by atoms with Crippen LogP contribution in [0.3, 0.4) is 0 Å². The van der Waals surface area contributed by atoms with Crippen LogP contribution in [0.5, 0.6) is 0 Å². The molecule has 1 unspecified atom stereocenters. The quantitative estimate of drug-likeness (QED) is 0.440. The van der Waals surface area contributed by atoms with Crippen LogP contribution in [0.1, 0.15) is 31.7 Å². The van der Waals surface area contributed by atoms with Crippen LogP contribution in [-0.2, 0) is 17.8 Å². The zero-order valence-electron chi connectivity index (χ0n) is 16.2. The second-order valence-electron chi connectivity index (χ2n) is 7.03. The van der Waals surface area contributed by atoms with Crippen LogP contribution in [0.25, 0.3) is 11.1 Å². The number of carbonyl (C=O) groups is 1. The fourth-order valence-corrected chi connectivity index (χ4v) is 3.23. The van der Waals surface area contributed by atoms with Crippen molar-refractivity contribution in [2.24, 2.45) is 0 Å². The zero-order valence-corrected chi connectivity index (χ0v) is 16.2. The first kappa shape index (κ1) is 20.3. The van der Waals surface area contributed by atoms with Crippen LogP contribution in [0, 0.1) is 10.1 Å². The van der Waals surface area contributed by atoms with Gasteiger partial charge in [0.15, 0.2) is 5.58 Å². The Kier molecular flexibility index (Phi) is 6.43. The van der Waals surface area contributed by atoms with E-state index in [0.29, 0.717) is 18.5 Å². The molecule has 1 amide bonds. The van der Waals surface area contributed by atoms with E-state index in [0.717, 1.165) is 12.8 Å². The van der Waals surface area contributed by atoms with Crippen molar-refractivity contribution >= 4 is 22.7 Å². The van der Waals surface area contributed by atoms with Crippen molar-refractivity contribution < 1.29 is 14.1 Å². The average molecular weight is 397 g/mol. The number of aryl methyl sites for hydroxylation is 2. The maximum Gasteiger partial charge on any atom is 0.419 e. The summed E-state index contributed by atoms with van der Waals surface area (Å²) in [7, 11) is 0. The van der Waals surface area contributed by atoms with Gasteiger partial charge in [-0.3, -0.25) is 19.5 Å². The second-order valence-corrected chi connectivity index (χ2v) is 7.03. The van der Waals surface area contributed by atoms with E-state index in [9.17, 15) is 19.7 Å². The van der Waals surface area contributed by atoms with Gasteiger partial charge in [0, 0.05) is 25.1 Å². The Morgan fingerprint density at radius 2 is 2.00 bits per heavy atom. The lowest BCUT2D eigenvalue weighted by Crippen LogP contribution is -2.33. The predicted octanol–water partition coefficient (Wildman–Crippen LogP) is 3.42. The molecule has 0 radical (unpaired) electrons. The highest BCUT2D eigenvalue weighted by Gasteiger charge is 2.14. The number of nitro groups is 1. The predicted molar refractivity (Wildman–Crippen MR) is 109 cm³/mol. The topological polar surface area (TPSA) is 107 Å². The van der Waals surface area contributed by atoms with E-state index in [2.05, 4.69) is 17.4 Å². The Morgan fingerprint density at radius 1 is 1.24 bits per heavy atom. The van der Waals surface area contributed by atoms with E-state index in [1.54, 1.807) is 0 Å². The van der Waals surface area contributed by atoms with E-state index in [4.69, 9.17) is 4.42 Å². The van der Waals surface area contributed by atoms with Crippen molar-refractivity contribution in [3.8, 4) is 0 Å². The SMILES string of the molecule is CC(CCc1ccccc1)NC(=O)CCCn1c(=O)oc2cc([N+](=O)[O-])ccc21. The third-order valence-corrected chi connectivity index (χ3v) is 4.76.